The molecule has 7 aromatic carbocycles. The molecule has 1 heterocycles. The van der Waals surface area contributed by atoms with Crippen LogP contribution in [0.3, 0.4) is 0 Å². The first-order valence-corrected chi connectivity index (χ1v) is 16.9. The van der Waals surface area contributed by atoms with E-state index in [1.807, 2.05) is 0 Å². The third-order valence-electron chi connectivity index (χ3n) is 11.3. The molecule has 10 rings (SSSR count). The van der Waals surface area contributed by atoms with Gasteiger partial charge < -0.3 is 9.32 Å². The van der Waals surface area contributed by atoms with Gasteiger partial charge in [0.2, 0.25) is 0 Å². The van der Waals surface area contributed by atoms with Crippen LogP contribution in [0.5, 0.6) is 0 Å². The molecule has 0 saturated heterocycles. The lowest BCUT2D eigenvalue weighted by molar-refractivity contribution is 0.660. The molecule has 2 aliphatic rings. The minimum atomic E-state index is -0.112. The Morgan fingerprint density at radius 1 is 0.438 bits per heavy atom. The van der Waals surface area contributed by atoms with E-state index in [-0.39, 0.29) is 10.8 Å². The van der Waals surface area contributed by atoms with Crippen LogP contribution < -0.4 is 4.90 Å². The summed E-state index contributed by atoms with van der Waals surface area (Å²) in [4.78, 5) is 2.46. The van der Waals surface area contributed by atoms with Crippen molar-refractivity contribution >= 4 is 49.8 Å². The number of furan rings is 1. The van der Waals surface area contributed by atoms with E-state index in [0.29, 0.717) is 0 Å². The van der Waals surface area contributed by atoms with Gasteiger partial charge in [-0.1, -0.05) is 137 Å². The Morgan fingerprint density at radius 3 is 1.90 bits per heavy atom. The molecule has 0 N–H and O–H groups in total. The van der Waals surface area contributed by atoms with E-state index in [1.54, 1.807) is 0 Å². The first-order chi connectivity index (χ1) is 23.3. The Hall–Kier alpha value is -5.60. The summed E-state index contributed by atoms with van der Waals surface area (Å²) in [6, 6.07) is 51.3. The molecule has 0 unspecified atom stereocenters. The van der Waals surface area contributed by atoms with Gasteiger partial charge in [0, 0.05) is 38.2 Å². The fourth-order valence-corrected chi connectivity index (χ4v) is 8.86. The fraction of sp³-hybridized carbons (Fsp3) is 0.130. The number of benzene rings is 7. The summed E-state index contributed by atoms with van der Waals surface area (Å²) in [5, 5.41) is 4.58. The summed E-state index contributed by atoms with van der Waals surface area (Å²) in [6.45, 7) is 9.39. The molecule has 1 aromatic heterocycles. The predicted molar refractivity (Wildman–Crippen MR) is 201 cm³/mol. The van der Waals surface area contributed by atoms with E-state index in [9.17, 15) is 0 Å². The first-order valence-electron chi connectivity index (χ1n) is 16.9. The lowest BCUT2D eigenvalue weighted by Crippen LogP contribution is -2.16. The molecule has 48 heavy (non-hydrogen) atoms. The molecule has 0 saturated carbocycles. The minimum absolute atomic E-state index is 0.0634. The molecule has 0 spiro atoms. The second-order valence-electron chi connectivity index (χ2n) is 14.5. The van der Waals surface area contributed by atoms with Crippen LogP contribution in [0.15, 0.2) is 144 Å². The van der Waals surface area contributed by atoms with Crippen molar-refractivity contribution in [2.45, 2.75) is 38.5 Å². The van der Waals surface area contributed by atoms with Crippen molar-refractivity contribution < 1.29 is 4.42 Å². The third kappa shape index (κ3) is 3.52. The van der Waals surface area contributed by atoms with Gasteiger partial charge in [-0.05, 0) is 74.7 Å². The normalized spacial score (nSPS) is 15.0. The van der Waals surface area contributed by atoms with Crippen molar-refractivity contribution in [2.24, 2.45) is 0 Å². The number of hydrogen-bond donors (Lipinski definition) is 0. The van der Waals surface area contributed by atoms with Gasteiger partial charge in [0.05, 0.1) is 11.4 Å². The largest absolute Gasteiger partial charge is 0.453 e. The van der Waals surface area contributed by atoms with Gasteiger partial charge in [-0.3, -0.25) is 0 Å². The molecule has 230 valence electrons. The number of nitrogens with zero attached hydrogens (tertiary/aromatic N) is 1. The van der Waals surface area contributed by atoms with Crippen molar-refractivity contribution in [3.05, 3.63) is 162 Å². The lowest BCUT2D eigenvalue weighted by Gasteiger charge is -2.29. The molecule has 2 nitrogen and oxygen atoms in total. The average molecular weight is 618 g/mol. The van der Waals surface area contributed by atoms with Gasteiger partial charge in [-0.15, -0.1) is 0 Å². The maximum absolute atomic E-state index is 6.99. The van der Waals surface area contributed by atoms with Gasteiger partial charge in [-0.2, -0.15) is 0 Å². The summed E-state index contributed by atoms with van der Waals surface area (Å²) in [6.07, 6.45) is 0. The zero-order valence-electron chi connectivity index (χ0n) is 27.6. The summed E-state index contributed by atoms with van der Waals surface area (Å²) >= 11 is 0. The molecule has 0 aliphatic heterocycles. The van der Waals surface area contributed by atoms with Crippen LogP contribution in [0.25, 0.3) is 55.0 Å². The van der Waals surface area contributed by atoms with Crippen molar-refractivity contribution in [2.75, 3.05) is 4.90 Å². The van der Waals surface area contributed by atoms with Crippen LogP contribution in [-0.4, -0.2) is 0 Å². The Morgan fingerprint density at radius 2 is 1.04 bits per heavy atom. The average Bonchev–Trinajstić information content (AvgIpc) is 3.70. The second-order valence-corrected chi connectivity index (χ2v) is 14.5. The van der Waals surface area contributed by atoms with Crippen LogP contribution in [0.4, 0.5) is 17.1 Å². The maximum Gasteiger partial charge on any atom is 0.159 e. The van der Waals surface area contributed by atoms with Crippen molar-refractivity contribution in [1.29, 1.82) is 0 Å². The zero-order valence-corrected chi connectivity index (χ0v) is 27.6. The van der Waals surface area contributed by atoms with E-state index < -0.39 is 0 Å². The quantitative estimate of drug-likeness (QED) is 0.196. The minimum Gasteiger partial charge on any atom is -0.453 e. The SMILES string of the molecule is CC1(C)c2ccccc2-c2cc(N(c3cccc4c3-c3ccccc3C4(C)C)c3cccc4c3oc3c5ccccc5ccc43)ccc21. The fourth-order valence-electron chi connectivity index (χ4n) is 8.86. The Labute approximate surface area is 280 Å². The molecular weight excluding hydrogens is 583 g/mol. The number of rotatable bonds is 3. The van der Waals surface area contributed by atoms with Gasteiger partial charge >= 0.3 is 0 Å². The highest BCUT2D eigenvalue weighted by atomic mass is 16.3. The highest BCUT2D eigenvalue weighted by molar-refractivity contribution is 6.18. The molecule has 0 fully saturated rings. The summed E-state index contributed by atoms with van der Waals surface area (Å²) in [5.74, 6) is 0. The van der Waals surface area contributed by atoms with Crippen molar-refractivity contribution in [3.8, 4) is 22.3 Å². The van der Waals surface area contributed by atoms with Gasteiger partial charge in [0.1, 0.15) is 5.58 Å². The molecule has 8 aromatic rings. The van der Waals surface area contributed by atoms with Crippen LogP contribution in [0, 0.1) is 0 Å². The molecule has 2 heteroatoms. The highest BCUT2D eigenvalue weighted by Gasteiger charge is 2.39. The number of hydrogen-bond acceptors (Lipinski definition) is 2. The molecule has 0 atom stereocenters. The molecule has 0 amide bonds. The Balaban J connectivity index is 1.30. The number of fused-ring (bicyclic) bond motifs is 11. The van der Waals surface area contributed by atoms with E-state index in [4.69, 9.17) is 4.42 Å². The molecule has 2 aliphatic carbocycles. The third-order valence-corrected chi connectivity index (χ3v) is 11.3. The number of anilines is 3. The van der Waals surface area contributed by atoms with Crippen LogP contribution in [0.1, 0.15) is 49.9 Å². The lowest BCUT2D eigenvalue weighted by atomic mass is 9.82. The first kappa shape index (κ1) is 27.5. The van der Waals surface area contributed by atoms with Crippen molar-refractivity contribution in [3.63, 3.8) is 0 Å². The second kappa shape index (κ2) is 9.49. The van der Waals surface area contributed by atoms with Gasteiger partial charge in [0.15, 0.2) is 5.58 Å². The summed E-state index contributed by atoms with van der Waals surface area (Å²) in [7, 11) is 0. The van der Waals surface area contributed by atoms with E-state index >= 15 is 0 Å². The summed E-state index contributed by atoms with van der Waals surface area (Å²) in [5.41, 5.74) is 15.6. The molecule has 0 bridgehead atoms. The van der Waals surface area contributed by atoms with Crippen molar-refractivity contribution in [1.82, 2.24) is 0 Å². The van der Waals surface area contributed by atoms with Crippen LogP contribution >= 0.6 is 0 Å². The van der Waals surface area contributed by atoms with Gasteiger partial charge in [-0.25, -0.2) is 0 Å². The monoisotopic (exact) mass is 617 g/mol. The summed E-state index contributed by atoms with van der Waals surface area (Å²) < 4.78 is 6.99. The van der Waals surface area contributed by atoms with Gasteiger partial charge in [0.25, 0.3) is 0 Å². The maximum atomic E-state index is 6.99. The Kier molecular flexibility index (Phi) is 5.44. The molecule has 0 radical (unpaired) electrons. The molecular formula is C46H35NO. The van der Waals surface area contributed by atoms with E-state index in [1.165, 1.54) is 49.9 Å². The Bertz CT molecular complexity index is 2630. The van der Waals surface area contributed by atoms with Crippen LogP contribution in [0.2, 0.25) is 0 Å². The smallest absolute Gasteiger partial charge is 0.159 e. The van der Waals surface area contributed by atoms with Crippen LogP contribution in [-0.2, 0) is 10.8 Å². The van der Waals surface area contributed by atoms with E-state index in [2.05, 4.69) is 172 Å². The predicted octanol–water partition coefficient (Wildman–Crippen LogP) is 12.8. The standard InChI is InChI=1S/C46H35NO/c1-45(2)36-18-9-7-15-31(36)35-27-29(24-26-38(35)45)47(40-21-12-20-39-42(40)34-16-8-10-19-37(34)46(39,3)4)41-22-11-17-32-33-25-23-28-13-5-6-14-30(28)43(33)48-44(32)41/h5-27H,1-4H3. The van der Waals surface area contributed by atoms with E-state index in [0.717, 1.165) is 44.4 Å². The topological polar surface area (TPSA) is 16.4 Å². The highest BCUT2D eigenvalue weighted by Crippen LogP contribution is 2.56. The number of para-hydroxylation sites is 1. The zero-order chi connectivity index (χ0) is 32.4.